The van der Waals surface area contributed by atoms with E-state index >= 15 is 0 Å². The Morgan fingerprint density at radius 2 is 2.09 bits per heavy atom. The highest BCUT2D eigenvalue weighted by Gasteiger charge is 1.90. The predicted octanol–water partition coefficient (Wildman–Crippen LogP) is 2.37. The second-order valence-electron chi connectivity index (χ2n) is 2.17. The molecule has 0 aliphatic heterocycles. The van der Waals surface area contributed by atoms with Crippen LogP contribution in [0.5, 0.6) is 0 Å². The average molecular weight is 237 g/mol. The number of hydrogen-bond donors (Lipinski definition) is 1. The first-order chi connectivity index (χ1) is 4.83. The van der Waals surface area contributed by atoms with Gasteiger partial charge >= 0.3 is 0 Å². The molecular weight excluding hydrogens is 225 g/mol. The fourth-order valence-electron chi connectivity index (χ4n) is 0.859. The topological polar surface area (TPSA) is 26.0 Å². The van der Waals surface area contributed by atoms with Crippen LogP contribution >= 0.6 is 28.3 Å². The highest BCUT2D eigenvalue weighted by Crippen LogP contribution is 2.11. The van der Waals surface area contributed by atoms with Gasteiger partial charge in [-0.05, 0) is 30.7 Å². The van der Waals surface area contributed by atoms with E-state index in [4.69, 9.17) is 5.73 Å². The largest absolute Gasteiger partial charge is 0.330 e. The Hall–Kier alpha value is -0.0500. The van der Waals surface area contributed by atoms with Gasteiger partial charge in [0, 0.05) is 4.47 Å². The smallest absolute Gasteiger partial charge is 0.0178 e. The van der Waals surface area contributed by atoms with Gasteiger partial charge in [0.15, 0.2) is 0 Å². The summed E-state index contributed by atoms with van der Waals surface area (Å²) in [5.74, 6) is 0. The number of rotatable bonds is 2. The molecule has 0 amide bonds. The minimum atomic E-state index is 0. The number of nitrogens with two attached hydrogens (primary N) is 1. The Morgan fingerprint density at radius 3 is 2.64 bits per heavy atom. The Labute approximate surface area is 81.5 Å². The Bertz CT molecular complexity index is 215. The van der Waals surface area contributed by atoms with Gasteiger partial charge in [-0.15, -0.1) is 12.4 Å². The monoisotopic (exact) mass is 235 g/mol. The molecule has 11 heavy (non-hydrogen) atoms. The summed E-state index contributed by atoms with van der Waals surface area (Å²) in [5.41, 5.74) is 6.68. The Kier molecular flexibility index (Phi) is 5.56. The van der Waals surface area contributed by atoms with Crippen molar-refractivity contribution >= 4 is 28.3 Å². The third-order valence-electron chi connectivity index (χ3n) is 1.32. The molecule has 0 fully saturated rings. The zero-order valence-corrected chi connectivity index (χ0v) is 8.49. The van der Waals surface area contributed by atoms with Crippen molar-refractivity contribution in [1.82, 2.24) is 0 Å². The van der Waals surface area contributed by atoms with E-state index in [9.17, 15) is 0 Å². The van der Waals surface area contributed by atoms with Crippen molar-refractivity contribution in [3.05, 3.63) is 34.3 Å². The molecule has 0 bridgehead atoms. The molecule has 0 aliphatic rings. The molecule has 0 atom stereocenters. The maximum Gasteiger partial charge on any atom is 0.0178 e. The quantitative estimate of drug-likeness (QED) is 0.838. The number of benzene rings is 1. The lowest BCUT2D eigenvalue weighted by Crippen LogP contribution is -2.02. The molecule has 0 radical (unpaired) electrons. The molecule has 1 rings (SSSR count). The summed E-state index contributed by atoms with van der Waals surface area (Å²) in [6.07, 6.45) is 0.958. The van der Waals surface area contributed by atoms with E-state index in [0.717, 1.165) is 17.4 Å². The van der Waals surface area contributed by atoms with Gasteiger partial charge in [-0.1, -0.05) is 28.1 Å². The zero-order valence-electron chi connectivity index (χ0n) is 6.09. The van der Waals surface area contributed by atoms with Crippen molar-refractivity contribution in [3.63, 3.8) is 0 Å². The number of hydrogen-bond acceptors (Lipinski definition) is 1. The van der Waals surface area contributed by atoms with Crippen molar-refractivity contribution in [2.45, 2.75) is 6.42 Å². The second-order valence-corrected chi connectivity index (χ2v) is 3.08. The van der Waals surface area contributed by atoms with Gasteiger partial charge < -0.3 is 5.73 Å². The molecular formula is C8H11BrClN. The molecule has 1 aromatic carbocycles. The van der Waals surface area contributed by atoms with Gasteiger partial charge in [-0.25, -0.2) is 0 Å². The van der Waals surface area contributed by atoms with Crippen molar-refractivity contribution in [2.75, 3.05) is 6.54 Å². The minimum absolute atomic E-state index is 0. The first-order valence-corrected chi connectivity index (χ1v) is 4.07. The fourth-order valence-corrected chi connectivity index (χ4v) is 1.31. The van der Waals surface area contributed by atoms with Crippen molar-refractivity contribution in [3.8, 4) is 0 Å². The first-order valence-electron chi connectivity index (χ1n) is 3.27. The molecule has 62 valence electrons. The minimum Gasteiger partial charge on any atom is -0.330 e. The summed E-state index contributed by atoms with van der Waals surface area (Å²) in [6.45, 7) is 0.719. The third-order valence-corrected chi connectivity index (χ3v) is 1.82. The van der Waals surface area contributed by atoms with Crippen molar-refractivity contribution in [2.24, 2.45) is 5.73 Å². The molecule has 3 heteroatoms. The highest BCUT2D eigenvalue weighted by atomic mass is 79.9. The standard InChI is InChI=1S/C8H10BrN.ClH/c9-8-3-1-2-7(6-8)4-5-10;/h1-3,6H,4-5,10H2;1H. The van der Waals surface area contributed by atoms with Gasteiger partial charge in [0.2, 0.25) is 0 Å². The normalized spacial score (nSPS) is 8.91. The van der Waals surface area contributed by atoms with Crippen LogP contribution in [0.4, 0.5) is 0 Å². The fraction of sp³-hybridized carbons (Fsp3) is 0.250. The Morgan fingerprint density at radius 1 is 1.36 bits per heavy atom. The molecule has 0 spiro atoms. The lowest BCUT2D eigenvalue weighted by Gasteiger charge is -1.97. The van der Waals surface area contributed by atoms with Crippen LogP contribution in [-0.2, 0) is 6.42 Å². The van der Waals surface area contributed by atoms with Crippen LogP contribution in [0.25, 0.3) is 0 Å². The highest BCUT2D eigenvalue weighted by molar-refractivity contribution is 9.10. The van der Waals surface area contributed by atoms with Gasteiger partial charge in [-0.3, -0.25) is 0 Å². The number of halogens is 2. The maximum atomic E-state index is 5.40. The molecule has 0 aliphatic carbocycles. The summed E-state index contributed by atoms with van der Waals surface area (Å²) in [7, 11) is 0. The van der Waals surface area contributed by atoms with E-state index in [0.29, 0.717) is 0 Å². The van der Waals surface area contributed by atoms with Gasteiger partial charge in [0.05, 0.1) is 0 Å². The van der Waals surface area contributed by atoms with Crippen molar-refractivity contribution < 1.29 is 0 Å². The lowest BCUT2D eigenvalue weighted by molar-refractivity contribution is 0.968. The zero-order chi connectivity index (χ0) is 7.40. The molecule has 1 aromatic rings. The molecule has 0 aromatic heterocycles. The average Bonchev–Trinajstić information content (AvgIpc) is 1.88. The van der Waals surface area contributed by atoms with Gasteiger partial charge in [0.25, 0.3) is 0 Å². The first kappa shape index (κ1) is 11.0. The maximum absolute atomic E-state index is 5.40. The predicted molar refractivity (Wildman–Crippen MR) is 54.1 cm³/mol. The van der Waals surface area contributed by atoms with E-state index in [1.807, 2.05) is 12.1 Å². The van der Waals surface area contributed by atoms with E-state index in [-0.39, 0.29) is 12.4 Å². The van der Waals surface area contributed by atoms with Crippen LogP contribution in [0.2, 0.25) is 0 Å². The Balaban J connectivity index is 0.000001000. The van der Waals surface area contributed by atoms with E-state index in [2.05, 4.69) is 28.1 Å². The summed E-state index contributed by atoms with van der Waals surface area (Å²) >= 11 is 3.39. The van der Waals surface area contributed by atoms with Crippen molar-refractivity contribution in [1.29, 1.82) is 0 Å². The van der Waals surface area contributed by atoms with E-state index < -0.39 is 0 Å². The van der Waals surface area contributed by atoms with Crippen LogP contribution in [-0.4, -0.2) is 6.54 Å². The summed E-state index contributed by atoms with van der Waals surface area (Å²) in [6, 6.07) is 8.21. The summed E-state index contributed by atoms with van der Waals surface area (Å²) < 4.78 is 1.12. The van der Waals surface area contributed by atoms with Crippen LogP contribution in [0.3, 0.4) is 0 Å². The summed E-state index contributed by atoms with van der Waals surface area (Å²) in [5, 5.41) is 0. The van der Waals surface area contributed by atoms with Crippen LogP contribution in [0.1, 0.15) is 5.56 Å². The van der Waals surface area contributed by atoms with Crippen LogP contribution in [0.15, 0.2) is 28.7 Å². The SMILES string of the molecule is Cl.NCCc1cccc(Br)c1. The lowest BCUT2D eigenvalue weighted by atomic mass is 10.2. The van der Waals surface area contributed by atoms with E-state index in [1.54, 1.807) is 0 Å². The van der Waals surface area contributed by atoms with Gasteiger partial charge in [-0.2, -0.15) is 0 Å². The van der Waals surface area contributed by atoms with Gasteiger partial charge in [0.1, 0.15) is 0 Å². The molecule has 0 saturated heterocycles. The van der Waals surface area contributed by atoms with Crippen LogP contribution in [0, 0.1) is 0 Å². The second kappa shape index (κ2) is 5.58. The molecule has 0 unspecified atom stereocenters. The summed E-state index contributed by atoms with van der Waals surface area (Å²) in [4.78, 5) is 0. The molecule has 1 nitrogen and oxygen atoms in total. The molecule has 0 saturated carbocycles. The molecule has 0 heterocycles. The third kappa shape index (κ3) is 3.75. The van der Waals surface area contributed by atoms with Crippen LogP contribution < -0.4 is 5.73 Å². The van der Waals surface area contributed by atoms with E-state index in [1.165, 1.54) is 5.56 Å². The molecule has 2 N–H and O–H groups in total.